The van der Waals surface area contributed by atoms with Gasteiger partial charge in [-0.1, -0.05) is 19.1 Å². The summed E-state index contributed by atoms with van der Waals surface area (Å²) in [5.41, 5.74) is 1.86. The summed E-state index contributed by atoms with van der Waals surface area (Å²) < 4.78 is 16.2. The van der Waals surface area contributed by atoms with E-state index in [4.69, 9.17) is 14.2 Å². The minimum absolute atomic E-state index is 0.00774. The molecule has 2 aromatic rings. The van der Waals surface area contributed by atoms with Crippen molar-refractivity contribution in [1.29, 1.82) is 0 Å². The fourth-order valence-electron chi connectivity index (χ4n) is 3.45. The van der Waals surface area contributed by atoms with Gasteiger partial charge in [0.15, 0.2) is 11.5 Å². The van der Waals surface area contributed by atoms with Gasteiger partial charge in [0.2, 0.25) is 0 Å². The van der Waals surface area contributed by atoms with Gasteiger partial charge in [0.1, 0.15) is 11.9 Å². The monoisotopic (exact) mass is 400 g/mol. The molecule has 0 fully saturated rings. The maximum absolute atomic E-state index is 12.7. The normalized spacial score (nSPS) is 17.2. The molecule has 0 saturated carbocycles. The molecule has 0 aromatic heterocycles. The van der Waals surface area contributed by atoms with Crippen molar-refractivity contribution in [1.82, 2.24) is 5.32 Å². The number of fused-ring (bicyclic) bond motifs is 1. The summed E-state index contributed by atoms with van der Waals surface area (Å²) in [6, 6.07) is 8.42. The topological polar surface area (TPSA) is 99.9 Å². The van der Waals surface area contributed by atoms with Gasteiger partial charge in [0, 0.05) is 23.6 Å². The van der Waals surface area contributed by atoms with Crippen molar-refractivity contribution in [2.24, 2.45) is 0 Å². The summed E-state index contributed by atoms with van der Waals surface area (Å²) in [5.74, 6) is 1.24. The Bertz CT molecular complexity index is 943. The number of hydrogen-bond donors (Lipinski definition) is 1. The Labute approximate surface area is 168 Å². The molecule has 0 bridgehead atoms. The van der Waals surface area contributed by atoms with Crippen molar-refractivity contribution < 1.29 is 23.9 Å². The first-order valence-corrected chi connectivity index (χ1v) is 9.34. The third kappa shape index (κ3) is 3.96. The van der Waals surface area contributed by atoms with Crippen LogP contribution in [0.5, 0.6) is 17.2 Å². The van der Waals surface area contributed by atoms with Crippen molar-refractivity contribution in [2.75, 3.05) is 20.8 Å². The standard InChI is InChI=1S/C21H24N2O6/c1-12-13(2)29-20-15(12)6-5-7-16(20)21(24)22-9-8-14-10-18(27-3)19(28-4)11-17(14)23(25)26/h5-7,10-13H,8-9H2,1-4H3,(H,22,24)/t12-,13-/m0/s1. The summed E-state index contributed by atoms with van der Waals surface area (Å²) in [5, 5.41) is 14.2. The first-order valence-electron chi connectivity index (χ1n) is 9.34. The number of amides is 1. The second kappa shape index (κ2) is 8.38. The highest BCUT2D eigenvalue weighted by atomic mass is 16.6. The number of nitrogens with one attached hydrogen (secondary N) is 1. The Balaban J connectivity index is 1.74. The smallest absolute Gasteiger partial charge is 0.276 e. The molecule has 2 aromatic carbocycles. The lowest BCUT2D eigenvalue weighted by Gasteiger charge is -2.12. The van der Waals surface area contributed by atoms with E-state index in [1.807, 2.05) is 19.1 Å². The van der Waals surface area contributed by atoms with Gasteiger partial charge in [-0.25, -0.2) is 0 Å². The second-order valence-corrected chi connectivity index (χ2v) is 6.93. The quantitative estimate of drug-likeness (QED) is 0.564. The number of benzene rings is 2. The lowest BCUT2D eigenvalue weighted by Crippen LogP contribution is -2.26. The highest BCUT2D eigenvalue weighted by molar-refractivity contribution is 5.97. The predicted octanol–water partition coefficient (Wildman–Crippen LogP) is 3.47. The first kappa shape index (κ1) is 20.4. The number of para-hydroxylation sites is 1. The van der Waals surface area contributed by atoms with Gasteiger partial charge in [-0.15, -0.1) is 0 Å². The molecule has 2 atom stereocenters. The highest BCUT2D eigenvalue weighted by Crippen LogP contribution is 2.40. The number of nitrogens with zero attached hydrogens (tertiary/aromatic N) is 1. The zero-order valence-electron chi connectivity index (χ0n) is 16.9. The Hall–Kier alpha value is -3.29. The van der Waals surface area contributed by atoms with Crippen molar-refractivity contribution >= 4 is 11.6 Å². The number of carbonyl (C=O) groups is 1. The van der Waals surface area contributed by atoms with Gasteiger partial charge in [-0.3, -0.25) is 14.9 Å². The summed E-state index contributed by atoms with van der Waals surface area (Å²) >= 11 is 0. The van der Waals surface area contributed by atoms with Crippen LogP contribution in [0.4, 0.5) is 5.69 Å². The highest BCUT2D eigenvalue weighted by Gasteiger charge is 2.31. The predicted molar refractivity (Wildman–Crippen MR) is 107 cm³/mol. The van der Waals surface area contributed by atoms with Crippen LogP contribution in [0.1, 0.15) is 41.3 Å². The van der Waals surface area contributed by atoms with Gasteiger partial charge < -0.3 is 19.5 Å². The van der Waals surface area contributed by atoms with Crippen LogP contribution in [0.3, 0.4) is 0 Å². The molecule has 8 nitrogen and oxygen atoms in total. The Morgan fingerprint density at radius 1 is 1.21 bits per heavy atom. The van der Waals surface area contributed by atoms with Gasteiger partial charge in [0.05, 0.1) is 30.8 Å². The molecule has 0 radical (unpaired) electrons. The maximum atomic E-state index is 12.7. The molecule has 3 rings (SSSR count). The van der Waals surface area contributed by atoms with E-state index in [0.29, 0.717) is 22.6 Å². The average molecular weight is 400 g/mol. The number of ether oxygens (including phenoxy) is 3. The van der Waals surface area contributed by atoms with Gasteiger partial charge in [-0.05, 0) is 25.5 Å². The maximum Gasteiger partial charge on any atom is 0.276 e. The molecule has 1 aliphatic rings. The Morgan fingerprint density at radius 2 is 1.90 bits per heavy atom. The zero-order valence-corrected chi connectivity index (χ0v) is 16.9. The third-order valence-electron chi connectivity index (χ3n) is 5.25. The Kier molecular flexibility index (Phi) is 5.91. The van der Waals surface area contributed by atoms with E-state index in [1.165, 1.54) is 20.3 Å². The number of rotatable bonds is 7. The van der Waals surface area contributed by atoms with E-state index in [0.717, 1.165) is 5.56 Å². The fraction of sp³-hybridized carbons (Fsp3) is 0.381. The Morgan fingerprint density at radius 3 is 2.55 bits per heavy atom. The van der Waals surface area contributed by atoms with Gasteiger partial charge >= 0.3 is 0 Å². The summed E-state index contributed by atoms with van der Waals surface area (Å²) in [6.45, 7) is 4.26. The molecular formula is C21H24N2O6. The molecule has 1 heterocycles. The van der Waals surface area contributed by atoms with E-state index in [1.54, 1.807) is 12.1 Å². The molecule has 0 spiro atoms. The van der Waals surface area contributed by atoms with E-state index in [9.17, 15) is 14.9 Å². The van der Waals surface area contributed by atoms with Crippen LogP contribution < -0.4 is 19.5 Å². The molecular weight excluding hydrogens is 376 g/mol. The number of hydrogen-bond acceptors (Lipinski definition) is 6. The van der Waals surface area contributed by atoms with E-state index in [2.05, 4.69) is 12.2 Å². The summed E-state index contributed by atoms with van der Waals surface area (Å²) in [4.78, 5) is 23.6. The summed E-state index contributed by atoms with van der Waals surface area (Å²) in [7, 11) is 2.89. The lowest BCUT2D eigenvalue weighted by atomic mass is 9.97. The van der Waals surface area contributed by atoms with E-state index >= 15 is 0 Å². The minimum atomic E-state index is -0.472. The fourth-order valence-corrected chi connectivity index (χ4v) is 3.45. The summed E-state index contributed by atoms with van der Waals surface area (Å²) in [6.07, 6.45) is 0.277. The van der Waals surface area contributed by atoms with Crippen LogP contribution in [-0.4, -0.2) is 37.7 Å². The van der Waals surface area contributed by atoms with Crippen molar-refractivity contribution in [3.05, 3.63) is 57.1 Å². The molecule has 0 aliphatic carbocycles. The molecule has 1 N–H and O–H groups in total. The largest absolute Gasteiger partial charge is 0.493 e. The SMILES string of the molecule is COc1cc(CCNC(=O)c2cccc3c2O[C@@H](C)[C@@H]3C)c([N+](=O)[O-])cc1OC. The lowest BCUT2D eigenvalue weighted by molar-refractivity contribution is -0.385. The third-order valence-corrected chi connectivity index (χ3v) is 5.25. The first-order chi connectivity index (χ1) is 13.9. The molecule has 8 heteroatoms. The van der Waals surface area contributed by atoms with E-state index < -0.39 is 4.92 Å². The average Bonchev–Trinajstić information content (AvgIpc) is 3.01. The number of carbonyl (C=O) groups excluding carboxylic acids is 1. The van der Waals surface area contributed by atoms with E-state index in [-0.39, 0.29) is 42.3 Å². The molecule has 0 unspecified atom stereocenters. The van der Waals surface area contributed by atoms with Crippen molar-refractivity contribution in [3.8, 4) is 17.2 Å². The van der Waals surface area contributed by atoms with Gasteiger partial charge in [0.25, 0.3) is 11.6 Å². The molecule has 1 amide bonds. The van der Waals surface area contributed by atoms with Crippen LogP contribution in [-0.2, 0) is 6.42 Å². The molecule has 29 heavy (non-hydrogen) atoms. The number of nitro benzene ring substituents is 1. The second-order valence-electron chi connectivity index (χ2n) is 6.93. The number of methoxy groups -OCH3 is 2. The number of nitro groups is 1. The van der Waals surface area contributed by atoms with Crippen molar-refractivity contribution in [3.63, 3.8) is 0 Å². The van der Waals surface area contributed by atoms with Crippen LogP contribution in [0.25, 0.3) is 0 Å². The molecule has 1 aliphatic heterocycles. The van der Waals surface area contributed by atoms with Crippen LogP contribution in [0, 0.1) is 10.1 Å². The van der Waals surface area contributed by atoms with Crippen LogP contribution in [0.15, 0.2) is 30.3 Å². The van der Waals surface area contributed by atoms with Crippen molar-refractivity contribution in [2.45, 2.75) is 32.3 Å². The van der Waals surface area contributed by atoms with Gasteiger partial charge in [-0.2, -0.15) is 0 Å². The molecule has 0 saturated heterocycles. The zero-order chi connectivity index (χ0) is 21.1. The molecule has 154 valence electrons. The van der Waals surface area contributed by atoms with Crippen LogP contribution in [0.2, 0.25) is 0 Å². The minimum Gasteiger partial charge on any atom is -0.493 e. The van der Waals surface area contributed by atoms with Crippen LogP contribution >= 0.6 is 0 Å².